The second-order valence-electron chi connectivity index (χ2n) is 3.95. The van der Waals surface area contributed by atoms with Crippen LogP contribution in [0.2, 0.25) is 0 Å². The molecule has 3 rings (SSSR count). The molecule has 5 nitrogen and oxygen atoms in total. The summed E-state index contributed by atoms with van der Waals surface area (Å²) in [5.74, 6) is 2.48. The first kappa shape index (κ1) is 10.7. The van der Waals surface area contributed by atoms with E-state index < -0.39 is 0 Å². The van der Waals surface area contributed by atoms with Crippen LogP contribution in [0.4, 0.5) is 0 Å². The van der Waals surface area contributed by atoms with Gasteiger partial charge in [-0.25, -0.2) is 4.98 Å². The zero-order chi connectivity index (χ0) is 12.5. The van der Waals surface area contributed by atoms with Gasteiger partial charge in [0.1, 0.15) is 0 Å². The fourth-order valence-electron chi connectivity index (χ4n) is 1.69. The maximum Gasteiger partial charge on any atom is 0.247 e. The zero-order valence-electron chi connectivity index (χ0n) is 10.0. The molecule has 3 aromatic rings. The van der Waals surface area contributed by atoms with Crippen LogP contribution in [0.15, 0.2) is 39.3 Å². The number of hydrogen-bond donors (Lipinski definition) is 0. The third kappa shape index (κ3) is 1.90. The predicted octanol–water partition coefficient (Wildman–Crippen LogP) is 3.01. The van der Waals surface area contributed by atoms with Crippen LogP contribution in [0.3, 0.4) is 0 Å². The van der Waals surface area contributed by atoms with E-state index in [-0.39, 0.29) is 0 Å². The quantitative estimate of drug-likeness (QED) is 0.690. The lowest BCUT2D eigenvalue weighted by atomic mass is 10.1. The van der Waals surface area contributed by atoms with Crippen molar-refractivity contribution in [2.75, 3.05) is 0 Å². The Hall–Kier alpha value is -2.43. The molecule has 0 N–H and O–H groups in total. The van der Waals surface area contributed by atoms with Crippen molar-refractivity contribution in [1.29, 1.82) is 0 Å². The van der Waals surface area contributed by atoms with Gasteiger partial charge in [0.05, 0.1) is 6.20 Å². The van der Waals surface area contributed by atoms with Gasteiger partial charge in [0.2, 0.25) is 11.8 Å². The Morgan fingerprint density at radius 3 is 2.11 bits per heavy atom. The van der Waals surface area contributed by atoms with Crippen LogP contribution in [0.5, 0.6) is 0 Å². The molecule has 0 saturated carbocycles. The molecule has 0 atom stereocenters. The Morgan fingerprint density at radius 2 is 1.56 bits per heavy atom. The van der Waals surface area contributed by atoms with Crippen LogP contribution in [-0.4, -0.2) is 15.2 Å². The van der Waals surface area contributed by atoms with E-state index in [1.807, 2.05) is 31.2 Å². The van der Waals surface area contributed by atoms with Gasteiger partial charge in [-0.2, -0.15) is 0 Å². The molecule has 0 bridgehead atoms. The van der Waals surface area contributed by atoms with Gasteiger partial charge in [-0.3, -0.25) is 0 Å². The summed E-state index contributed by atoms with van der Waals surface area (Å²) in [7, 11) is 0. The van der Waals surface area contributed by atoms with Crippen molar-refractivity contribution in [2.45, 2.75) is 13.8 Å². The van der Waals surface area contributed by atoms with Crippen LogP contribution in [0.1, 0.15) is 11.8 Å². The Bertz CT molecular complexity index is 608. The van der Waals surface area contributed by atoms with E-state index in [0.29, 0.717) is 17.7 Å². The monoisotopic (exact) mass is 241 g/mol. The highest BCUT2D eigenvalue weighted by atomic mass is 16.4. The first-order valence-corrected chi connectivity index (χ1v) is 5.56. The normalized spacial score (nSPS) is 10.8. The third-order valence-corrected chi connectivity index (χ3v) is 2.56. The van der Waals surface area contributed by atoms with Gasteiger partial charge in [0, 0.05) is 25.0 Å². The smallest absolute Gasteiger partial charge is 0.247 e. The molecule has 0 amide bonds. The SMILES string of the molecule is Cc1ncc(-c2ccc(-c3nnc(C)o3)cc2)o1. The van der Waals surface area contributed by atoms with E-state index in [9.17, 15) is 0 Å². The van der Waals surface area contributed by atoms with Crippen LogP contribution in [0, 0.1) is 13.8 Å². The summed E-state index contributed by atoms with van der Waals surface area (Å²) < 4.78 is 10.8. The van der Waals surface area contributed by atoms with Crippen molar-refractivity contribution in [3.63, 3.8) is 0 Å². The molecule has 0 spiro atoms. The van der Waals surface area contributed by atoms with E-state index in [4.69, 9.17) is 8.83 Å². The number of aryl methyl sites for hydroxylation is 2. The molecule has 0 aliphatic rings. The molecule has 0 aliphatic heterocycles. The minimum absolute atomic E-state index is 0.521. The molecule has 2 heterocycles. The molecule has 0 fully saturated rings. The zero-order valence-corrected chi connectivity index (χ0v) is 10.0. The van der Waals surface area contributed by atoms with E-state index in [2.05, 4.69) is 15.2 Å². The number of aromatic nitrogens is 3. The van der Waals surface area contributed by atoms with Gasteiger partial charge in [0.15, 0.2) is 11.7 Å². The molecule has 0 saturated heterocycles. The Labute approximate surface area is 103 Å². The number of rotatable bonds is 2. The minimum Gasteiger partial charge on any atom is -0.441 e. The molecule has 0 unspecified atom stereocenters. The molecule has 90 valence electrons. The largest absolute Gasteiger partial charge is 0.441 e. The molecule has 18 heavy (non-hydrogen) atoms. The molecule has 0 aliphatic carbocycles. The Kier molecular flexibility index (Phi) is 2.44. The van der Waals surface area contributed by atoms with Gasteiger partial charge < -0.3 is 8.83 Å². The van der Waals surface area contributed by atoms with Crippen LogP contribution < -0.4 is 0 Å². The number of benzene rings is 1. The first-order valence-electron chi connectivity index (χ1n) is 5.56. The van der Waals surface area contributed by atoms with E-state index in [1.54, 1.807) is 13.1 Å². The van der Waals surface area contributed by atoms with Gasteiger partial charge in [-0.15, -0.1) is 10.2 Å². The number of oxazole rings is 1. The summed E-state index contributed by atoms with van der Waals surface area (Å²) in [5, 5.41) is 7.77. The van der Waals surface area contributed by atoms with Crippen molar-refractivity contribution in [2.24, 2.45) is 0 Å². The van der Waals surface area contributed by atoms with Gasteiger partial charge in [-0.05, 0) is 12.1 Å². The second kappa shape index (κ2) is 4.10. The van der Waals surface area contributed by atoms with Crippen molar-refractivity contribution in [3.05, 3.63) is 42.2 Å². The number of nitrogens with zero attached hydrogens (tertiary/aromatic N) is 3. The molecule has 2 aromatic heterocycles. The lowest BCUT2D eigenvalue weighted by Crippen LogP contribution is -1.79. The summed E-state index contributed by atoms with van der Waals surface area (Å²) in [5.41, 5.74) is 1.85. The van der Waals surface area contributed by atoms with Crippen molar-refractivity contribution in [1.82, 2.24) is 15.2 Å². The summed E-state index contributed by atoms with van der Waals surface area (Å²) in [6.45, 7) is 3.58. The highest BCUT2D eigenvalue weighted by Gasteiger charge is 2.07. The van der Waals surface area contributed by atoms with Crippen LogP contribution in [-0.2, 0) is 0 Å². The summed E-state index contributed by atoms with van der Waals surface area (Å²) >= 11 is 0. The lowest BCUT2D eigenvalue weighted by molar-refractivity contribution is 0.532. The summed E-state index contributed by atoms with van der Waals surface area (Å²) in [6, 6.07) is 7.71. The maximum absolute atomic E-state index is 5.46. The number of hydrogen-bond acceptors (Lipinski definition) is 5. The molecular weight excluding hydrogens is 230 g/mol. The van der Waals surface area contributed by atoms with Crippen molar-refractivity contribution in [3.8, 4) is 22.8 Å². The maximum atomic E-state index is 5.46. The van der Waals surface area contributed by atoms with Gasteiger partial charge >= 0.3 is 0 Å². The van der Waals surface area contributed by atoms with Gasteiger partial charge in [0.25, 0.3) is 0 Å². The molecule has 1 aromatic carbocycles. The fourth-order valence-corrected chi connectivity index (χ4v) is 1.69. The Morgan fingerprint density at radius 1 is 0.833 bits per heavy atom. The van der Waals surface area contributed by atoms with Crippen molar-refractivity contribution >= 4 is 0 Å². The van der Waals surface area contributed by atoms with Gasteiger partial charge in [-0.1, -0.05) is 12.1 Å². The lowest BCUT2D eigenvalue weighted by Gasteiger charge is -1.97. The fraction of sp³-hybridized carbons (Fsp3) is 0.154. The minimum atomic E-state index is 0.521. The third-order valence-electron chi connectivity index (χ3n) is 2.56. The highest BCUT2D eigenvalue weighted by molar-refractivity contribution is 5.62. The second-order valence-corrected chi connectivity index (χ2v) is 3.95. The van der Waals surface area contributed by atoms with Crippen molar-refractivity contribution < 1.29 is 8.83 Å². The highest BCUT2D eigenvalue weighted by Crippen LogP contribution is 2.24. The van der Waals surface area contributed by atoms with E-state index in [1.165, 1.54) is 0 Å². The summed E-state index contributed by atoms with van der Waals surface area (Å²) in [4.78, 5) is 4.07. The topological polar surface area (TPSA) is 65.0 Å². The average molecular weight is 241 g/mol. The van der Waals surface area contributed by atoms with E-state index in [0.717, 1.165) is 16.9 Å². The first-order chi connectivity index (χ1) is 8.72. The molecule has 5 heteroatoms. The predicted molar refractivity (Wildman–Crippen MR) is 64.7 cm³/mol. The average Bonchev–Trinajstić information content (AvgIpc) is 2.98. The Balaban J connectivity index is 1.94. The van der Waals surface area contributed by atoms with Crippen LogP contribution in [0.25, 0.3) is 22.8 Å². The molecular formula is C13H11N3O2. The van der Waals surface area contributed by atoms with Crippen LogP contribution >= 0.6 is 0 Å². The summed E-state index contributed by atoms with van der Waals surface area (Å²) in [6.07, 6.45) is 1.71. The standard InChI is InChI=1S/C13H11N3O2/c1-8-14-7-12(17-8)10-3-5-11(6-4-10)13-16-15-9(2)18-13/h3-7H,1-2H3. The van der Waals surface area contributed by atoms with E-state index >= 15 is 0 Å². The molecule has 0 radical (unpaired) electrons.